The molecule has 0 aliphatic rings. The van der Waals surface area contributed by atoms with Crippen molar-refractivity contribution in [3.63, 3.8) is 0 Å². The summed E-state index contributed by atoms with van der Waals surface area (Å²) in [7, 11) is 0. The van der Waals surface area contributed by atoms with Gasteiger partial charge in [-0.2, -0.15) is 0 Å². The summed E-state index contributed by atoms with van der Waals surface area (Å²) in [6.45, 7) is 2.16. The van der Waals surface area contributed by atoms with Gasteiger partial charge in [0.15, 0.2) is 0 Å². The van der Waals surface area contributed by atoms with Crippen LogP contribution in [0.3, 0.4) is 0 Å². The normalized spacial score (nSPS) is 11.5. The summed E-state index contributed by atoms with van der Waals surface area (Å²) < 4.78 is 9.43. The second kappa shape index (κ2) is 13.8. The van der Waals surface area contributed by atoms with Crippen LogP contribution in [0.15, 0.2) is 217 Å². The van der Waals surface area contributed by atoms with Crippen molar-refractivity contribution in [3.8, 4) is 39.1 Å². The first kappa shape index (κ1) is 33.7. The van der Waals surface area contributed by atoms with Crippen molar-refractivity contribution in [2.24, 2.45) is 0 Å². The van der Waals surface area contributed by atoms with Crippen LogP contribution in [0.25, 0.3) is 82.8 Å². The Labute approximate surface area is 337 Å². The lowest BCUT2D eigenvalue weighted by atomic mass is 9.95. The molecular weight excluding hydrogens is 705 g/mol. The molecule has 0 fully saturated rings. The first-order valence-electron chi connectivity index (χ1n) is 19.9. The van der Waals surface area contributed by atoms with Crippen molar-refractivity contribution in [1.82, 2.24) is 4.57 Å². The van der Waals surface area contributed by atoms with E-state index in [2.05, 4.69) is 229 Å². The van der Waals surface area contributed by atoms with E-state index in [0.29, 0.717) is 0 Å². The van der Waals surface area contributed by atoms with Gasteiger partial charge in [-0.15, -0.1) is 0 Å². The third-order valence-corrected chi connectivity index (χ3v) is 11.4. The standard InChI is InChI=1S/C55H38N2O/c1-37-17-16-22-41(35-37)56(51-33-31-40(38-18-4-2-5-19-38)36-47(51)39-20-6-3-7-21-39)52-34-32-45(55-54(52)46-26-11-15-30-53(46)58-55)44-25-10-14-29-50(44)57-48-27-12-8-23-42(48)43-24-9-13-28-49(43)57/h2-36H,1H3. The third kappa shape index (κ3) is 5.51. The van der Waals surface area contributed by atoms with E-state index in [-0.39, 0.29) is 0 Å². The van der Waals surface area contributed by atoms with Crippen LogP contribution in [-0.2, 0) is 0 Å². The lowest BCUT2D eigenvalue weighted by molar-refractivity contribution is 0.670. The smallest absolute Gasteiger partial charge is 0.145 e. The van der Waals surface area contributed by atoms with E-state index < -0.39 is 0 Å². The number of furan rings is 1. The van der Waals surface area contributed by atoms with Crippen molar-refractivity contribution in [2.45, 2.75) is 6.92 Å². The van der Waals surface area contributed by atoms with Gasteiger partial charge in [0.2, 0.25) is 0 Å². The molecule has 0 atom stereocenters. The molecule has 2 heterocycles. The lowest BCUT2D eigenvalue weighted by Crippen LogP contribution is -2.12. The molecule has 0 aliphatic heterocycles. The quantitative estimate of drug-likeness (QED) is 0.162. The molecule has 58 heavy (non-hydrogen) atoms. The second-order valence-corrected chi connectivity index (χ2v) is 15.0. The first-order valence-corrected chi connectivity index (χ1v) is 19.9. The Morgan fingerprint density at radius 3 is 1.78 bits per heavy atom. The van der Waals surface area contributed by atoms with Gasteiger partial charge >= 0.3 is 0 Å². The molecule has 2 aromatic heterocycles. The molecule has 3 heteroatoms. The van der Waals surface area contributed by atoms with Crippen molar-refractivity contribution in [3.05, 3.63) is 218 Å². The number of rotatable bonds is 7. The minimum Gasteiger partial charge on any atom is -0.455 e. The maximum absolute atomic E-state index is 7.03. The lowest BCUT2D eigenvalue weighted by Gasteiger charge is -2.29. The number of para-hydroxylation sites is 4. The van der Waals surface area contributed by atoms with Crippen molar-refractivity contribution < 1.29 is 4.42 Å². The highest BCUT2D eigenvalue weighted by molar-refractivity contribution is 6.18. The van der Waals surface area contributed by atoms with E-state index in [4.69, 9.17) is 4.42 Å². The predicted molar refractivity (Wildman–Crippen MR) is 244 cm³/mol. The van der Waals surface area contributed by atoms with Gasteiger partial charge in [-0.25, -0.2) is 0 Å². The van der Waals surface area contributed by atoms with E-state index in [1.165, 1.54) is 38.5 Å². The maximum atomic E-state index is 7.03. The Kier molecular flexibility index (Phi) is 8.04. The summed E-state index contributed by atoms with van der Waals surface area (Å²) in [5.41, 5.74) is 16.3. The largest absolute Gasteiger partial charge is 0.455 e. The number of aryl methyl sites for hydroxylation is 1. The summed E-state index contributed by atoms with van der Waals surface area (Å²) in [6.07, 6.45) is 0. The van der Waals surface area contributed by atoms with E-state index >= 15 is 0 Å². The number of benzene rings is 9. The van der Waals surface area contributed by atoms with Crippen LogP contribution in [0.1, 0.15) is 5.56 Å². The van der Waals surface area contributed by atoms with Crippen LogP contribution >= 0.6 is 0 Å². The highest BCUT2D eigenvalue weighted by Gasteiger charge is 2.26. The maximum Gasteiger partial charge on any atom is 0.145 e. The predicted octanol–water partition coefficient (Wildman–Crippen LogP) is 15.5. The Hall–Kier alpha value is -7.62. The van der Waals surface area contributed by atoms with Gasteiger partial charge in [-0.05, 0) is 89.8 Å². The van der Waals surface area contributed by atoms with Gasteiger partial charge < -0.3 is 13.9 Å². The first-order chi connectivity index (χ1) is 28.7. The molecule has 0 radical (unpaired) electrons. The Bertz CT molecular complexity index is 3250. The van der Waals surface area contributed by atoms with E-state index in [1.807, 2.05) is 0 Å². The SMILES string of the molecule is Cc1cccc(N(c2ccc(-c3ccccc3)cc2-c2ccccc2)c2ccc(-c3ccccc3-n3c4ccccc4c4ccccc43)c3oc4ccccc4c23)c1. The minimum atomic E-state index is 0.853. The number of nitrogens with zero attached hydrogens (tertiary/aromatic N) is 2. The van der Waals surface area contributed by atoms with Gasteiger partial charge in [0.05, 0.1) is 33.5 Å². The third-order valence-electron chi connectivity index (χ3n) is 11.4. The fourth-order valence-corrected chi connectivity index (χ4v) is 8.85. The van der Waals surface area contributed by atoms with Gasteiger partial charge in [-0.1, -0.05) is 152 Å². The summed E-state index contributed by atoms with van der Waals surface area (Å²) in [5.74, 6) is 0. The van der Waals surface area contributed by atoms with Crippen molar-refractivity contribution in [2.75, 3.05) is 4.90 Å². The zero-order chi connectivity index (χ0) is 38.6. The molecule has 0 aliphatic carbocycles. The van der Waals surface area contributed by atoms with Crippen LogP contribution in [0.4, 0.5) is 17.1 Å². The molecule has 0 N–H and O–H groups in total. The number of anilines is 3. The molecule has 0 bridgehead atoms. The van der Waals surface area contributed by atoms with Crippen LogP contribution in [-0.4, -0.2) is 4.57 Å². The van der Waals surface area contributed by atoms with Crippen LogP contribution in [0, 0.1) is 6.92 Å². The summed E-state index contributed by atoms with van der Waals surface area (Å²) in [5, 5.41) is 4.61. The van der Waals surface area contributed by atoms with Crippen LogP contribution in [0.2, 0.25) is 0 Å². The average Bonchev–Trinajstić information content (AvgIpc) is 3.84. The van der Waals surface area contributed by atoms with Gasteiger partial charge in [0, 0.05) is 38.5 Å². The zero-order valence-corrected chi connectivity index (χ0v) is 32.0. The molecule has 0 saturated carbocycles. The number of hydrogen-bond acceptors (Lipinski definition) is 2. The molecule has 3 nitrogen and oxygen atoms in total. The average molecular weight is 743 g/mol. The van der Waals surface area contributed by atoms with Crippen molar-refractivity contribution >= 4 is 60.8 Å². The van der Waals surface area contributed by atoms with Crippen molar-refractivity contribution in [1.29, 1.82) is 0 Å². The Morgan fingerprint density at radius 1 is 0.414 bits per heavy atom. The summed E-state index contributed by atoms with van der Waals surface area (Å²) in [6, 6.07) is 76.2. The Morgan fingerprint density at radius 2 is 1.03 bits per heavy atom. The van der Waals surface area contributed by atoms with Gasteiger partial charge in [0.1, 0.15) is 11.2 Å². The van der Waals surface area contributed by atoms with E-state index in [1.54, 1.807) is 0 Å². The molecule has 0 spiro atoms. The second-order valence-electron chi connectivity index (χ2n) is 15.0. The highest BCUT2D eigenvalue weighted by Crippen LogP contribution is 2.49. The van der Waals surface area contributed by atoms with Gasteiger partial charge in [-0.3, -0.25) is 0 Å². The monoisotopic (exact) mass is 742 g/mol. The molecular formula is C55H38N2O. The summed E-state index contributed by atoms with van der Waals surface area (Å²) >= 11 is 0. The highest BCUT2D eigenvalue weighted by atomic mass is 16.3. The van der Waals surface area contributed by atoms with Crippen LogP contribution in [0.5, 0.6) is 0 Å². The minimum absolute atomic E-state index is 0.853. The molecule has 11 aromatic rings. The molecule has 0 saturated heterocycles. The topological polar surface area (TPSA) is 21.3 Å². The fraction of sp³-hybridized carbons (Fsp3) is 0.0182. The molecule has 0 amide bonds. The van der Waals surface area contributed by atoms with Crippen LogP contribution < -0.4 is 4.90 Å². The van der Waals surface area contributed by atoms with E-state index in [0.717, 1.165) is 66.9 Å². The zero-order valence-electron chi connectivity index (χ0n) is 32.0. The number of fused-ring (bicyclic) bond motifs is 6. The number of hydrogen-bond donors (Lipinski definition) is 0. The van der Waals surface area contributed by atoms with E-state index in [9.17, 15) is 0 Å². The molecule has 274 valence electrons. The van der Waals surface area contributed by atoms with Gasteiger partial charge in [0.25, 0.3) is 0 Å². The fourth-order valence-electron chi connectivity index (χ4n) is 8.85. The molecule has 0 unspecified atom stereocenters. The molecule has 11 rings (SSSR count). The Balaban J connectivity index is 1.20. The summed E-state index contributed by atoms with van der Waals surface area (Å²) in [4.78, 5) is 2.43. The number of aromatic nitrogens is 1. The molecule has 9 aromatic carbocycles.